The summed E-state index contributed by atoms with van der Waals surface area (Å²) in [4.78, 5) is 35.8. The molecule has 2 aromatic rings. The molecule has 7 nitrogen and oxygen atoms in total. The normalized spacial score (nSPS) is 10.6. The Balaban J connectivity index is 2.87. The maximum Gasteiger partial charge on any atom is 0.328 e. The molecule has 0 spiro atoms. The molecule has 0 aliphatic rings. The molecule has 1 heterocycles. The number of rotatable bonds is 2. The Morgan fingerprint density at radius 2 is 2.12 bits per heavy atom. The molecule has 0 saturated carbocycles. The highest BCUT2D eigenvalue weighted by Crippen LogP contribution is 2.15. The maximum atomic E-state index is 11.8. The number of aromatic amines is 1. The molecule has 0 unspecified atom stereocenters. The fraction of sp³-hybridized carbons (Fsp3) is 0.200. The standard InChI is InChI=1S/C10H9N3O4/c1-2-12-9(14)7-4-3-6(13(16)17)5-8(7)11-10(12)15/h3-5H,2H2,1H3,(H,11,15). The molecule has 0 atom stereocenters. The van der Waals surface area contributed by atoms with E-state index < -0.39 is 16.2 Å². The van der Waals surface area contributed by atoms with Crippen LogP contribution in [-0.2, 0) is 6.54 Å². The summed E-state index contributed by atoms with van der Waals surface area (Å²) in [6.07, 6.45) is 0. The van der Waals surface area contributed by atoms with Gasteiger partial charge in [0.1, 0.15) is 0 Å². The number of fused-ring (bicyclic) bond motifs is 1. The van der Waals surface area contributed by atoms with Gasteiger partial charge in [-0.25, -0.2) is 4.79 Å². The SMILES string of the molecule is CCn1c(=O)[nH]c2cc([N+](=O)[O-])ccc2c1=O. The molecule has 7 heteroatoms. The summed E-state index contributed by atoms with van der Waals surface area (Å²) in [6.45, 7) is 1.93. The van der Waals surface area contributed by atoms with Gasteiger partial charge in [-0.2, -0.15) is 0 Å². The van der Waals surface area contributed by atoms with Crippen molar-refractivity contribution in [2.45, 2.75) is 13.5 Å². The summed E-state index contributed by atoms with van der Waals surface area (Å²) < 4.78 is 1.04. The van der Waals surface area contributed by atoms with E-state index in [0.29, 0.717) is 0 Å². The fourth-order valence-corrected chi connectivity index (χ4v) is 1.64. The van der Waals surface area contributed by atoms with Gasteiger partial charge in [-0.1, -0.05) is 0 Å². The van der Waals surface area contributed by atoms with Gasteiger partial charge in [0, 0.05) is 18.7 Å². The Labute approximate surface area is 94.5 Å². The molecule has 1 aromatic heterocycles. The number of non-ortho nitro benzene ring substituents is 1. The Hall–Kier alpha value is -2.44. The van der Waals surface area contributed by atoms with Crippen LogP contribution >= 0.6 is 0 Å². The molecule has 0 radical (unpaired) electrons. The van der Waals surface area contributed by atoms with E-state index in [9.17, 15) is 19.7 Å². The zero-order valence-corrected chi connectivity index (χ0v) is 8.97. The van der Waals surface area contributed by atoms with E-state index in [0.717, 1.165) is 4.57 Å². The van der Waals surface area contributed by atoms with Gasteiger partial charge < -0.3 is 4.98 Å². The van der Waals surface area contributed by atoms with Crippen LogP contribution in [0.2, 0.25) is 0 Å². The number of benzene rings is 1. The van der Waals surface area contributed by atoms with Crippen LogP contribution in [0.1, 0.15) is 6.92 Å². The highest BCUT2D eigenvalue weighted by molar-refractivity contribution is 5.79. The van der Waals surface area contributed by atoms with Crippen molar-refractivity contribution in [2.75, 3.05) is 0 Å². The first-order valence-corrected chi connectivity index (χ1v) is 4.96. The maximum absolute atomic E-state index is 11.8. The van der Waals surface area contributed by atoms with Crippen LogP contribution in [0.4, 0.5) is 5.69 Å². The molecular formula is C10H9N3O4. The first-order valence-electron chi connectivity index (χ1n) is 4.96. The lowest BCUT2D eigenvalue weighted by molar-refractivity contribution is -0.384. The molecule has 1 N–H and O–H groups in total. The second-order valence-electron chi connectivity index (χ2n) is 3.47. The van der Waals surface area contributed by atoms with Crippen molar-refractivity contribution in [2.24, 2.45) is 0 Å². The van der Waals surface area contributed by atoms with E-state index in [1.807, 2.05) is 0 Å². The van der Waals surface area contributed by atoms with Gasteiger partial charge in [0.15, 0.2) is 0 Å². The van der Waals surface area contributed by atoms with Crippen LogP contribution in [0, 0.1) is 10.1 Å². The number of nitrogens with zero attached hydrogens (tertiary/aromatic N) is 2. The Morgan fingerprint density at radius 1 is 1.41 bits per heavy atom. The van der Waals surface area contributed by atoms with Crippen LogP contribution in [0.3, 0.4) is 0 Å². The lowest BCUT2D eigenvalue weighted by Gasteiger charge is -2.02. The number of hydrogen-bond donors (Lipinski definition) is 1. The summed E-state index contributed by atoms with van der Waals surface area (Å²) in [7, 11) is 0. The lowest BCUT2D eigenvalue weighted by Crippen LogP contribution is -2.34. The molecule has 0 aliphatic heterocycles. The van der Waals surface area contributed by atoms with Crippen molar-refractivity contribution >= 4 is 16.6 Å². The van der Waals surface area contributed by atoms with E-state index in [1.54, 1.807) is 6.92 Å². The summed E-state index contributed by atoms with van der Waals surface area (Å²) >= 11 is 0. The first-order chi connectivity index (χ1) is 8.04. The van der Waals surface area contributed by atoms with Crippen molar-refractivity contribution in [1.29, 1.82) is 0 Å². The molecule has 2 rings (SSSR count). The average molecular weight is 235 g/mol. The molecular weight excluding hydrogens is 226 g/mol. The van der Waals surface area contributed by atoms with Gasteiger partial charge in [0.05, 0.1) is 15.8 Å². The third-order valence-electron chi connectivity index (χ3n) is 2.49. The predicted molar refractivity (Wildman–Crippen MR) is 61.2 cm³/mol. The van der Waals surface area contributed by atoms with Crippen molar-refractivity contribution in [3.8, 4) is 0 Å². The van der Waals surface area contributed by atoms with Crippen LogP contribution in [-0.4, -0.2) is 14.5 Å². The molecule has 0 bridgehead atoms. The summed E-state index contributed by atoms with van der Waals surface area (Å²) in [5.74, 6) is 0. The largest absolute Gasteiger partial charge is 0.328 e. The molecule has 0 amide bonds. The predicted octanol–water partition coefficient (Wildman–Crippen LogP) is 0.618. The number of nitrogens with one attached hydrogen (secondary N) is 1. The minimum absolute atomic E-state index is 0.165. The van der Waals surface area contributed by atoms with E-state index in [2.05, 4.69) is 4.98 Å². The third-order valence-corrected chi connectivity index (χ3v) is 2.49. The van der Waals surface area contributed by atoms with Crippen LogP contribution in [0.5, 0.6) is 0 Å². The van der Waals surface area contributed by atoms with Gasteiger partial charge in [-0.3, -0.25) is 19.5 Å². The fourth-order valence-electron chi connectivity index (χ4n) is 1.64. The van der Waals surface area contributed by atoms with Gasteiger partial charge in [-0.05, 0) is 13.0 Å². The number of nitro benzene ring substituents is 1. The zero-order chi connectivity index (χ0) is 12.6. The Morgan fingerprint density at radius 3 is 2.71 bits per heavy atom. The molecule has 0 saturated heterocycles. The van der Waals surface area contributed by atoms with Crippen LogP contribution < -0.4 is 11.2 Å². The monoisotopic (exact) mass is 235 g/mol. The van der Waals surface area contributed by atoms with Gasteiger partial charge in [0.25, 0.3) is 11.2 Å². The third kappa shape index (κ3) is 1.71. The smallest absolute Gasteiger partial charge is 0.306 e. The molecule has 17 heavy (non-hydrogen) atoms. The molecule has 0 fully saturated rings. The van der Waals surface area contributed by atoms with Crippen molar-refractivity contribution in [3.63, 3.8) is 0 Å². The summed E-state index contributed by atoms with van der Waals surface area (Å²) in [5.41, 5.74) is -0.993. The van der Waals surface area contributed by atoms with Crippen molar-refractivity contribution in [3.05, 3.63) is 49.2 Å². The van der Waals surface area contributed by atoms with Gasteiger partial charge in [-0.15, -0.1) is 0 Å². The van der Waals surface area contributed by atoms with Gasteiger partial charge in [0.2, 0.25) is 0 Å². The number of aromatic nitrogens is 2. The lowest BCUT2D eigenvalue weighted by atomic mass is 10.2. The summed E-state index contributed by atoms with van der Waals surface area (Å²) in [6, 6.07) is 3.76. The Kier molecular flexibility index (Phi) is 2.51. The highest BCUT2D eigenvalue weighted by atomic mass is 16.6. The second kappa shape index (κ2) is 3.85. The van der Waals surface area contributed by atoms with Gasteiger partial charge >= 0.3 is 5.69 Å². The molecule has 88 valence electrons. The number of nitro groups is 1. The quantitative estimate of drug-likeness (QED) is 0.609. The number of hydrogen-bond acceptors (Lipinski definition) is 4. The number of H-pyrrole nitrogens is 1. The highest BCUT2D eigenvalue weighted by Gasteiger charge is 2.10. The molecule has 0 aliphatic carbocycles. The summed E-state index contributed by atoms with van der Waals surface area (Å²) in [5, 5.41) is 10.8. The average Bonchev–Trinajstić information content (AvgIpc) is 2.28. The van der Waals surface area contributed by atoms with Crippen LogP contribution in [0.25, 0.3) is 10.9 Å². The van der Waals surface area contributed by atoms with Crippen molar-refractivity contribution < 1.29 is 4.92 Å². The zero-order valence-electron chi connectivity index (χ0n) is 8.97. The second-order valence-corrected chi connectivity index (χ2v) is 3.47. The minimum atomic E-state index is -0.580. The first kappa shape index (κ1) is 11.1. The van der Waals surface area contributed by atoms with E-state index in [4.69, 9.17) is 0 Å². The van der Waals surface area contributed by atoms with E-state index in [-0.39, 0.29) is 23.1 Å². The van der Waals surface area contributed by atoms with Crippen molar-refractivity contribution in [1.82, 2.24) is 9.55 Å². The topological polar surface area (TPSA) is 98.0 Å². The van der Waals surface area contributed by atoms with E-state index in [1.165, 1.54) is 18.2 Å². The van der Waals surface area contributed by atoms with Crippen LogP contribution in [0.15, 0.2) is 27.8 Å². The molecule has 1 aromatic carbocycles. The van der Waals surface area contributed by atoms with E-state index >= 15 is 0 Å². The minimum Gasteiger partial charge on any atom is -0.306 e. The Bertz CT molecular complexity index is 714.